The van der Waals surface area contributed by atoms with Crippen LogP contribution < -0.4 is 10.5 Å². The molecule has 2 N–H and O–H groups in total. The molecule has 1 aliphatic rings. The Labute approximate surface area is 192 Å². The van der Waals surface area contributed by atoms with E-state index in [1.807, 2.05) is 51.1 Å². The highest BCUT2D eigenvalue weighted by Gasteiger charge is 2.40. The van der Waals surface area contributed by atoms with Gasteiger partial charge in [-0.3, -0.25) is 4.98 Å². The monoisotopic (exact) mass is 448 g/mol. The van der Waals surface area contributed by atoms with Crippen molar-refractivity contribution < 1.29 is 14.3 Å². The van der Waals surface area contributed by atoms with E-state index in [1.165, 1.54) is 0 Å². The van der Waals surface area contributed by atoms with Crippen LogP contribution in [0.2, 0.25) is 0 Å². The third-order valence-corrected chi connectivity index (χ3v) is 5.88. The molecule has 1 aliphatic heterocycles. The first-order valence-electron chi connectivity index (χ1n) is 10.8. The summed E-state index contributed by atoms with van der Waals surface area (Å²) in [6.07, 6.45) is 2.25. The second kappa shape index (κ2) is 8.28. The molecule has 0 bridgehead atoms. The van der Waals surface area contributed by atoms with E-state index >= 15 is 0 Å². The number of aromatic nitrogens is 3. The molecule has 4 rings (SSSR count). The minimum atomic E-state index is -0.805. The van der Waals surface area contributed by atoms with Crippen molar-refractivity contribution in [3.63, 3.8) is 0 Å². The van der Waals surface area contributed by atoms with E-state index in [4.69, 9.17) is 15.2 Å². The second-order valence-corrected chi connectivity index (χ2v) is 9.24. The molecule has 33 heavy (non-hydrogen) atoms. The summed E-state index contributed by atoms with van der Waals surface area (Å²) in [6.45, 7) is 6.36. The van der Waals surface area contributed by atoms with E-state index in [0.717, 1.165) is 16.6 Å². The van der Waals surface area contributed by atoms with Crippen molar-refractivity contribution in [1.82, 2.24) is 19.7 Å². The Morgan fingerprint density at radius 2 is 1.94 bits per heavy atom. The van der Waals surface area contributed by atoms with E-state index < -0.39 is 11.0 Å². The Kier molecular flexibility index (Phi) is 5.62. The predicted octanol–water partition coefficient (Wildman–Crippen LogP) is 3.80. The minimum Gasteiger partial charge on any atom is -0.497 e. The number of benzene rings is 1. The normalized spacial score (nSPS) is 15.8. The number of fused-ring (bicyclic) bond motifs is 1. The number of hydrogen-bond acceptors (Lipinski definition) is 7. The molecule has 0 radical (unpaired) electrons. The summed E-state index contributed by atoms with van der Waals surface area (Å²) >= 11 is 0. The first-order valence-corrected chi connectivity index (χ1v) is 10.8. The van der Waals surface area contributed by atoms with Crippen molar-refractivity contribution in [1.29, 1.82) is 5.26 Å². The number of rotatable bonds is 3. The average Bonchev–Trinajstić information content (AvgIpc) is 3.13. The standard InChI is InChI=1S/C24H28N6O3/c1-23(2,3)33-22(31)29-11-8-24(15-25,9-12-29)20-13-16(7-10-27-20)30-19-14-17(32-4)5-6-18(19)21(26)28-30/h5-7,10,13-14H,8-9,11-12H2,1-4H3,(H2,26,28). The number of anilines is 1. The molecule has 1 fully saturated rings. The maximum Gasteiger partial charge on any atom is 0.410 e. The SMILES string of the molecule is COc1ccc2c(N)nn(-c3ccnc(C4(C#N)CCN(C(=O)OC(C)(C)C)CC4)c3)c2c1. The average molecular weight is 449 g/mol. The number of ether oxygens (including phenoxy) is 2. The van der Waals surface area contributed by atoms with Crippen molar-refractivity contribution in [3.8, 4) is 17.5 Å². The van der Waals surface area contributed by atoms with Gasteiger partial charge in [0.2, 0.25) is 0 Å². The largest absolute Gasteiger partial charge is 0.497 e. The Balaban J connectivity index is 1.64. The molecule has 0 atom stereocenters. The van der Waals surface area contributed by atoms with Gasteiger partial charge in [0.25, 0.3) is 0 Å². The van der Waals surface area contributed by atoms with E-state index in [0.29, 0.717) is 43.2 Å². The van der Waals surface area contributed by atoms with Gasteiger partial charge in [-0.1, -0.05) is 0 Å². The van der Waals surface area contributed by atoms with E-state index in [-0.39, 0.29) is 6.09 Å². The van der Waals surface area contributed by atoms with Crippen LogP contribution in [0.25, 0.3) is 16.6 Å². The lowest BCUT2D eigenvalue weighted by molar-refractivity contribution is 0.0184. The first-order chi connectivity index (χ1) is 15.7. The van der Waals surface area contributed by atoms with E-state index in [2.05, 4.69) is 16.2 Å². The third-order valence-electron chi connectivity index (χ3n) is 5.88. The number of nitrogens with zero attached hydrogens (tertiary/aromatic N) is 5. The number of amides is 1. The highest BCUT2D eigenvalue weighted by atomic mass is 16.6. The number of nitrogens with two attached hydrogens (primary N) is 1. The summed E-state index contributed by atoms with van der Waals surface area (Å²) < 4.78 is 12.6. The van der Waals surface area contributed by atoms with Gasteiger partial charge in [-0.05, 0) is 57.9 Å². The van der Waals surface area contributed by atoms with Crippen LogP contribution in [0.5, 0.6) is 5.75 Å². The lowest BCUT2D eigenvalue weighted by Gasteiger charge is -2.37. The quantitative estimate of drug-likeness (QED) is 0.647. The zero-order valence-corrected chi connectivity index (χ0v) is 19.3. The lowest BCUT2D eigenvalue weighted by Crippen LogP contribution is -2.46. The molecule has 1 amide bonds. The van der Waals surface area contributed by atoms with Crippen LogP contribution in [-0.2, 0) is 10.2 Å². The lowest BCUT2D eigenvalue weighted by atomic mass is 9.76. The molecule has 0 spiro atoms. The maximum atomic E-state index is 12.4. The third kappa shape index (κ3) is 4.29. The molecular formula is C24H28N6O3. The molecule has 0 saturated carbocycles. The summed E-state index contributed by atoms with van der Waals surface area (Å²) in [5.74, 6) is 1.10. The van der Waals surface area contributed by atoms with Crippen molar-refractivity contribution >= 4 is 22.8 Å². The van der Waals surface area contributed by atoms with Gasteiger partial charge in [-0.25, -0.2) is 9.48 Å². The van der Waals surface area contributed by atoms with Gasteiger partial charge in [0.1, 0.15) is 16.8 Å². The van der Waals surface area contributed by atoms with Gasteiger partial charge < -0.3 is 20.1 Å². The van der Waals surface area contributed by atoms with Gasteiger partial charge in [0.15, 0.2) is 5.82 Å². The number of piperidine rings is 1. The highest BCUT2D eigenvalue weighted by Crippen LogP contribution is 2.36. The van der Waals surface area contributed by atoms with Crippen LogP contribution in [0.4, 0.5) is 10.6 Å². The molecule has 0 unspecified atom stereocenters. The van der Waals surface area contributed by atoms with Gasteiger partial charge in [0.05, 0.1) is 30.1 Å². The molecular weight excluding hydrogens is 420 g/mol. The smallest absolute Gasteiger partial charge is 0.410 e. The number of carbonyl (C=O) groups is 1. The predicted molar refractivity (Wildman–Crippen MR) is 124 cm³/mol. The second-order valence-electron chi connectivity index (χ2n) is 9.24. The number of pyridine rings is 1. The molecule has 9 heteroatoms. The number of methoxy groups -OCH3 is 1. The molecule has 1 saturated heterocycles. The van der Waals surface area contributed by atoms with Crippen LogP contribution >= 0.6 is 0 Å². The Hall–Kier alpha value is -3.80. The summed E-state index contributed by atoms with van der Waals surface area (Å²) in [5, 5.41) is 15.4. The van der Waals surface area contributed by atoms with Crippen molar-refractivity contribution in [2.75, 3.05) is 25.9 Å². The molecule has 9 nitrogen and oxygen atoms in total. The van der Waals surface area contributed by atoms with Gasteiger partial charge >= 0.3 is 6.09 Å². The molecule has 3 heterocycles. The fourth-order valence-electron chi connectivity index (χ4n) is 4.08. The summed E-state index contributed by atoms with van der Waals surface area (Å²) in [7, 11) is 1.61. The summed E-state index contributed by atoms with van der Waals surface area (Å²) in [5.41, 5.74) is 6.97. The number of carbonyl (C=O) groups excluding carboxylic acids is 1. The Morgan fingerprint density at radius 3 is 2.58 bits per heavy atom. The molecule has 2 aromatic heterocycles. The summed E-state index contributed by atoms with van der Waals surface area (Å²) in [6, 6.07) is 11.8. The van der Waals surface area contributed by atoms with Crippen LogP contribution in [-0.4, -0.2) is 51.6 Å². The van der Waals surface area contributed by atoms with E-state index in [9.17, 15) is 10.1 Å². The van der Waals surface area contributed by atoms with Crippen molar-refractivity contribution in [2.24, 2.45) is 0 Å². The van der Waals surface area contributed by atoms with Gasteiger partial charge in [-0.2, -0.15) is 5.26 Å². The number of hydrogen-bond donors (Lipinski definition) is 1. The number of nitriles is 1. The molecule has 0 aliphatic carbocycles. The topological polar surface area (TPSA) is 119 Å². The highest BCUT2D eigenvalue weighted by molar-refractivity contribution is 5.91. The Bertz CT molecular complexity index is 1230. The maximum absolute atomic E-state index is 12.4. The van der Waals surface area contributed by atoms with Crippen LogP contribution in [0.15, 0.2) is 36.5 Å². The first kappa shape index (κ1) is 22.4. The van der Waals surface area contributed by atoms with Crippen LogP contribution in [0.3, 0.4) is 0 Å². The van der Waals surface area contributed by atoms with Crippen molar-refractivity contribution in [3.05, 3.63) is 42.2 Å². The zero-order chi connectivity index (χ0) is 23.8. The minimum absolute atomic E-state index is 0.358. The molecule has 172 valence electrons. The van der Waals surface area contributed by atoms with E-state index in [1.54, 1.807) is 22.9 Å². The zero-order valence-electron chi connectivity index (χ0n) is 19.3. The Morgan fingerprint density at radius 1 is 1.21 bits per heavy atom. The molecule has 1 aromatic carbocycles. The fourth-order valence-corrected chi connectivity index (χ4v) is 4.08. The number of nitrogen functional groups attached to an aromatic ring is 1. The fraction of sp³-hybridized carbons (Fsp3) is 0.417. The van der Waals surface area contributed by atoms with Crippen LogP contribution in [0.1, 0.15) is 39.3 Å². The van der Waals surface area contributed by atoms with Crippen LogP contribution in [0, 0.1) is 11.3 Å². The summed E-state index contributed by atoms with van der Waals surface area (Å²) in [4.78, 5) is 18.6. The van der Waals surface area contributed by atoms with Gasteiger partial charge in [-0.15, -0.1) is 5.10 Å². The number of likely N-dealkylation sites (tertiary alicyclic amines) is 1. The molecule has 3 aromatic rings. The van der Waals surface area contributed by atoms with Crippen molar-refractivity contribution in [2.45, 2.75) is 44.6 Å². The van der Waals surface area contributed by atoms with Gasteiger partial charge in [0, 0.05) is 30.7 Å².